The number of nitrogens with one attached hydrogen (secondary N) is 1. The molecule has 126 valence electrons. The summed E-state index contributed by atoms with van der Waals surface area (Å²) in [4.78, 5) is 15.4. The molecule has 2 aromatic heterocycles. The average molecular weight is 349 g/mol. The number of carbonyl (C=O) groups is 1. The van der Waals surface area contributed by atoms with E-state index in [2.05, 4.69) is 20.5 Å². The topological polar surface area (TPSA) is 92.9 Å². The SMILES string of the molecule is CCc1nnc(NC(=O)C[C@](O)(c2nccn2C)C(F)(F)F)s1. The van der Waals surface area contributed by atoms with Crippen molar-refractivity contribution in [2.45, 2.75) is 31.5 Å². The molecule has 0 aromatic carbocycles. The van der Waals surface area contributed by atoms with Gasteiger partial charge in [-0.25, -0.2) is 4.98 Å². The Hall–Kier alpha value is -2.01. The first kappa shape index (κ1) is 17.3. The number of anilines is 1. The average Bonchev–Trinajstić information content (AvgIpc) is 3.06. The summed E-state index contributed by atoms with van der Waals surface area (Å²) < 4.78 is 40.9. The summed E-state index contributed by atoms with van der Waals surface area (Å²) in [5.74, 6) is -1.70. The smallest absolute Gasteiger partial charge is 0.374 e. The minimum absolute atomic E-state index is 0.0798. The third-order valence-electron chi connectivity index (χ3n) is 3.09. The maximum atomic E-state index is 13.3. The lowest BCUT2D eigenvalue weighted by Gasteiger charge is -2.29. The number of halogens is 3. The number of hydrogen-bond acceptors (Lipinski definition) is 6. The second-order valence-corrected chi connectivity index (χ2v) is 5.86. The van der Waals surface area contributed by atoms with Gasteiger partial charge >= 0.3 is 6.18 Å². The molecule has 2 N–H and O–H groups in total. The molecule has 1 atom stereocenters. The third kappa shape index (κ3) is 3.50. The molecule has 11 heteroatoms. The fraction of sp³-hybridized carbons (Fsp3) is 0.500. The first-order valence-corrected chi connectivity index (χ1v) is 7.38. The van der Waals surface area contributed by atoms with Gasteiger partial charge in [0.15, 0.2) is 5.82 Å². The van der Waals surface area contributed by atoms with Crippen LogP contribution in [0.15, 0.2) is 12.4 Å². The highest BCUT2D eigenvalue weighted by Gasteiger charge is 2.58. The van der Waals surface area contributed by atoms with E-state index < -0.39 is 29.9 Å². The van der Waals surface area contributed by atoms with Gasteiger partial charge in [0.2, 0.25) is 16.6 Å². The van der Waals surface area contributed by atoms with Crippen LogP contribution in [0, 0.1) is 0 Å². The van der Waals surface area contributed by atoms with Crippen molar-refractivity contribution in [3.05, 3.63) is 23.2 Å². The van der Waals surface area contributed by atoms with Crippen LogP contribution >= 0.6 is 11.3 Å². The summed E-state index contributed by atoms with van der Waals surface area (Å²) in [6.45, 7) is 1.83. The molecule has 2 heterocycles. The van der Waals surface area contributed by atoms with Crippen LogP contribution in [0.25, 0.3) is 0 Å². The number of imidazole rings is 1. The van der Waals surface area contributed by atoms with Crippen molar-refractivity contribution in [1.29, 1.82) is 0 Å². The van der Waals surface area contributed by atoms with Crippen molar-refractivity contribution in [3.63, 3.8) is 0 Å². The van der Waals surface area contributed by atoms with E-state index in [4.69, 9.17) is 0 Å². The van der Waals surface area contributed by atoms with E-state index in [1.54, 1.807) is 0 Å². The largest absolute Gasteiger partial charge is 0.425 e. The molecule has 0 aliphatic rings. The van der Waals surface area contributed by atoms with Crippen LogP contribution in [0.2, 0.25) is 0 Å². The third-order valence-corrected chi connectivity index (χ3v) is 4.08. The van der Waals surface area contributed by atoms with Crippen molar-refractivity contribution < 1.29 is 23.1 Å². The zero-order valence-corrected chi connectivity index (χ0v) is 13.1. The Morgan fingerprint density at radius 2 is 2.13 bits per heavy atom. The molecule has 2 rings (SSSR count). The lowest BCUT2D eigenvalue weighted by Crippen LogP contribution is -2.46. The molecule has 0 aliphatic heterocycles. The Labute approximate surface area is 133 Å². The van der Waals surface area contributed by atoms with Crippen molar-refractivity contribution in [3.8, 4) is 0 Å². The summed E-state index contributed by atoms with van der Waals surface area (Å²) in [6.07, 6.45) is -3.35. The maximum absolute atomic E-state index is 13.3. The van der Waals surface area contributed by atoms with Gasteiger partial charge in [0.1, 0.15) is 5.01 Å². The van der Waals surface area contributed by atoms with E-state index in [9.17, 15) is 23.1 Å². The number of alkyl halides is 3. The summed E-state index contributed by atoms with van der Waals surface area (Å²) in [5.41, 5.74) is -3.40. The van der Waals surface area contributed by atoms with E-state index in [0.717, 1.165) is 22.1 Å². The second-order valence-electron chi connectivity index (χ2n) is 4.80. The predicted octanol–water partition coefficient (Wildman–Crippen LogP) is 1.61. The lowest BCUT2D eigenvalue weighted by molar-refractivity contribution is -0.270. The van der Waals surface area contributed by atoms with E-state index in [1.165, 1.54) is 13.2 Å². The first-order valence-electron chi connectivity index (χ1n) is 6.56. The van der Waals surface area contributed by atoms with Crippen LogP contribution in [-0.4, -0.2) is 36.9 Å². The molecule has 0 aliphatic carbocycles. The van der Waals surface area contributed by atoms with Crippen LogP contribution in [0.3, 0.4) is 0 Å². The number of aromatic nitrogens is 4. The Morgan fingerprint density at radius 3 is 2.61 bits per heavy atom. The minimum atomic E-state index is -5.07. The normalized spacial score (nSPS) is 14.5. The molecule has 7 nitrogen and oxygen atoms in total. The van der Waals surface area contributed by atoms with Gasteiger partial charge in [-0.2, -0.15) is 13.2 Å². The number of rotatable bonds is 5. The highest BCUT2D eigenvalue weighted by atomic mass is 32.1. The summed E-state index contributed by atoms with van der Waals surface area (Å²) >= 11 is 1.06. The number of aryl methyl sites for hydroxylation is 2. The number of carbonyl (C=O) groups excluding carboxylic acids is 1. The highest BCUT2D eigenvalue weighted by molar-refractivity contribution is 7.15. The van der Waals surface area contributed by atoms with E-state index in [1.807, 2.05) is 6.92 Å². The van der Waals surface area contributed by atoms with Gasteiger partial charge in [-0.3, -0.25) is 4.79 Å². The van der Waals surface area contributed by atoms with Crippen LogP contribution in [0.4, 0.5) is 18.3 Å². The fourth-order valence-corrected chi connectivity index (χ4v) is 2.61. The molecule has 2 aromatic rings. The van der Waals surface area contributed by atoms with Gasteiger partial charge in [-0.1, -0.05) is 18.3 Å². The number of hydrogen-bond donors (Lipinski definition) is 2. The van der Waals surface area contributed by atoms with Gasteiger partial charge in [0.25, 0.3) is 0 Å². The number of nitrogens with zero attached hydrogens (tertiary/aromatic N) is 4. The van der Waals surface area contributed by atoms with Crippen LogP contribution in [-0.2, 0) is 23.9 Å². The molecule has 23 heavy (non-hydrogen) atoms. The summed E-state index contributed by atoms with van der Waals surface area (Å²) in [5, 5.41) is 20.4. The molecule has 1 amide bonds. The number of amides is 1. The molecule has 0 saturated heterocycles. The fourth-order valence-electron chi connectivity index (χ4n) is 1.91. The quantitative estimate of drug-likeness (QED) is 0.856. The lowest BCUT2D eigenvalue weighted by atomic mass is 9.97. The van der Waals surface area contributed by atoms with Crippen molar-refractivity contribution in [2.75, 3.05) is 5.32 Å². The molecule has 0 spiro atoms. The van der Waals surface area contributed by atoms with Crippen molar-refractivity contribution in [1.82, 2.24) is 19.7 Å². The van der Waals surface area contributed by atoms with E-state index in [0.29, 0.717) is 11.4 Å². The minimum Gasteiger partial charge on any atom is -0.374 e. The Bertz CT molecular complexity index is 699. The van der Waals surface area contributed by atoms with Crippen LogP contribution in [0.1, 0.15) is 24.2 Å². The predicted molar refractivity (Wildman–Crippen MR) is 75.7 cm³/mol. The Kier molecular flexibility index (Phi) is 4.71. The molecule has 0 unspecified atom stereocenters. The zero-order chi connectivity index (χ0) is 17.3. The highest BCUT2D eigenvalue weighted by Crippen LogP contribution is 2.40. The summed E-state index contributed by atoms with van der Waals surface area (Å²) in [6, 6.07) is 0. The maximum Gasteiger partial charge on any atom is 0.425 e. The molecular formula is C12H14F3N5O2S. The van der Waals surface area contributed by atoms with E-state index in [-0.39, 0.29) is 5.13 Å². The molecule has 0 saturated carbocycles. The molecule has 0 bridgehead atoms. The van der Waals surface area contributed by atoms with Gasteiger partial charge < -0.3 is 15.0 Å². The first-order chi connectivity index (χ1) is 10.7. The molecular weight excluding hydrogens is 335 g/mol. The van der Waals surface area contributed by atoms with Gasteiger partial charge in [-0.15, -0.1) is 10.2 Å². The van der Waals surface area contributed by atoms with Crippen LogP contribution in [0.5, 0.6) is 0 Å². The summed E-state index contributed by atoms with van der Waals surface area (Å²) in [7, 11) is 1.30. The van der Waals surface area contributed by atoms with Crippen molar-refractivity contribution in [2.24, 2.45) is 7.05 Å². The molecule has 0 radical (unpaired) electrons. The monoisotopic (exact) mass is 349 g/mol. The zero-order valence-electron chi connectivity index (χ0n) is 12.3. The van der Waals surface area contributed by atoms with Crippen molar-refractivity contribution >= 4 is 22.4 Å². The van der Waals surface area contributed by atoms with Crippen LogP contribution < -0.4 is 5.32 Å². The van der Waals surface area contributed by atoms with Gasteiger partial charge in [0.05, 0.1) is 6.42 Å². The Balaban J connectivity index is 2.21. The van der Waals surface area contributed by atoms with Gasteiger partial charge in [0, 0.05) is 19.4 Å². The Morgan fingerprint density at radius 1 is 1.43 bits per heavy atom. The van der Waals surface area contributed by atoms with Gasteiger partial charge in [-0.05, 0) is 6.42 Å². The standard InChI is InChI=1S/C12H14F3N5O2S/c1-3-8-18-19-10(23-8)17-7(21)6-11(22,12(13,14)15)9-16-4-5-20(9)2/h4-5,22H,3,6H2,1-2H3,(H,17,19,21)/t11-/m0/s1. The second kappa shape index (κ2) is 6.24. The van der Waals surface area contributed by atoms with E-state index >= 15 is 0 Å². The molecule has 0 fully saturated rings. The number of aliphatic hydroxyl groups is 1.